The molecule has 8 heteroatoms. The molecule has 8 nitrogen and oxygen atoms in total. The number of ether oxygens (including phenoxy) is 2. The molecule has 0 aliphatic heterocycles. The lowest BCUT2D eigenvalue weighted by atomic mass is 10.1. The van der Waals surface area contributed by atoms with Crippen LogP contribution < -0.4 is 14.8 Å². The van der Waals surface area contributed by atoms with Gasteiger partial charge in [0.1, 0.15) is 0 Å². The molecule has 0 unspecified atom stereocenters. The Balaban J connectivity index is 1.59. The first-order chi connectivity index (χ1) is 15.2. The van der Waals surface area contributed by atoms with Crippen molar-refractivity contribution in [2.24, 2.45) is 0 Å². The Morgan fingerprint density at radius 1 is 1.03 bits per heavy atom. The van der Waals surface area contributed by atoms with Crippen LogP contribution in [0, 0.1) is 0 Å². The smallest absolute Gasteiger partial charge is 0.259 e. The number of pyridine rings is 1. The summed E-state index contributed by atoms with van der Waals surface area (Å²) >= 11 is 0. The van der Waals surface area contributed by atoms with Gasteiger partial charge < -0.3 is 19.3 Å². The molecule has 31 heavy (non-hydrogen) atoms. The van der Waals surface area contributed by atoms with Gasteiger partial charge in [-0.15, -0.1) is 0 Å². The lowest BCUT2D eigenvalue weighted by Crippen LogP contribution is -2.23. The molecule has 2 heterocycles. The molecule has 0 radical (unpaired) electrons. The molecule has 0 saturated carbocycles. The first-order valence-electron chi connectivity index (χ1n) is 9.52. The second kappa shape index (κ2) is 9.08. The van der Waals surface area contributed by atoms with E-state index in [1.165, 1.54) is 0 Å². The van der Waals surface area contributed by atoms with E-state index in [1.54, 1.807) is 56.9 Å². The molecule has 1 N–H and O–H groups in total. The monoisotopic (exact) mass is 416 g/mol. The Morgan fingerprint density at radius 2 is 1.87 bits per heavy atom. The Morgan fingerprint density at radius 3 is 2.65 bits per heavy atom. The molecule has 0 bridgehead atoms. The minimum atomic E-state index is -0.245. The average molecular weight is 416 g/mol. The number of carbonyl (C=O) groups is 1. The number of hydrogen-bond donors (Lipinski definition) is 1. The molecule has 4 rings (SSSR count). The van der Waals surface area contributed by atoms with Crippen LogP contribution in [0.3, 0.4) is 0 Å². The predicted octanol–water partition coefficient (Wildman–Crippen LogP) is 3.75. The van der Waals surface area contributed by atoms with E-state index in [0.717, 1.165) is 5.56 Å². The van der Waals surface area contributed by atoms with E-state index in [2.05, 4.69) is 20.4 Å². The molecule has 2 aromatic heterocycles. The SMILES string of the molecule is COc1ccc(-c2noc(-c3ccccc3C(=O)NCc3cccnc3)n2)cc1OC. The Bertz CT molecular complexity index is 1190. The third-order valence-electron chi connectivity index (χ3n) is 4.65. The van der Waals surface area contributed by atoms with E-state index in [0.29, 0.717) is 40.6 Å². The quantitative estimate of drug-likeness (QED) is 0.490. The third kappa shape index (κ3) is 4.37. The van der Waals surface area contributed by atoms with Crippen molar-refractivity contribution in [2.45, 2.75) is 6.54 Å². The summed E-state index contributed by atoms with van der Waals surface area (Å²) in [7, 11) is 3.13. The first-order valence-corrected chi connectivity index (χ1v) is 9.52. The highest BCUT2D eigenvalue weighted by atomic mass is 16.5. The molecule has 4 aromatic rings. The minimum absolute atomic E-state index is 0.245. The van der Waals surface area contributed by atoms with Crippen LogP contribution in [-0.4, -0.2) is 35.3 Å². The largest absolute Gasteiger partial charge is 0.493 e. The van der Waals surface area contributed by atoms with Gasteiger partial charge in [-0.3, -0.25) is 9.78 Å². The van der Waals surface area contributed by atoms with Crippen molar-refractivity contribution < 1.29 is 18.8 Å². The molecule has 0 saturated heterocycles. The van der Waals surface area contributed by atoms with Crippen LogP contribution in [0.25, 0.3) is 22.8 Å². The molecular weight excluding hydrogens is 396 g/mol. The summed E-state index contributed by atoms with van der Waals surface area (Å²) < 4.78 is 16.1. The zero-order valence-corrected chi connectivity index (χ0v) is 17.0. The third-order valence-corrected chi connectivity index (χ3v) is 4.65. The number of rotatable bonds is 7. The minimum Gasteiger partial charge on any atom is -0.493 e. The highest BCUT2D eigenvalue weighted by Gasteiger charge is 2.18. The number of amides is 1. The highest BCUT2D eigenvalue weighted by molar-refractivity contribution is 6.00. The van der Waals surface area contributed by atoms with E-state index < -0.39 is 0 Å². The fourth-order valence-electron chi connectivity index (χ4n) is 3.07. The lowest BCUT2D eigenvalue weighted by molar-refractivity contribution is 0.0951. The summed E-state index contributed by atoms with van der Waals surface area (Å²) in [6, 6.07) is 16.1. The summed E-state index contributed by atoms with van der Waals surface area (Å²) in [5.74, 6) is 1.54. The van der Waals surface area contributed by atoms with Crippen LogP contribution in [-0.2, 0) is 6.54 Å². The van der Waals surface area contributed by atoms with E-state index >= 15 is 0 Å². The zero-order chi connectivity index (χ0) is 21.6. The standard InChI is InChI=1S/C23H20N4O4/c1-29-19-10-9-16(12-20(19)30-2)21-26-23(31-27-21)18-8-4-3-7-17(18)22(28)25-14-15-6-5-11-24-13-15/h3-13H,14H2,1-2H3,(H,25,28). The van der Waals surface area contributed by atoms with Crippen LogP contribution in [0.5, 0.6) is 11.5 Å². The van der Waals surface area contributed by atoms with Crippen LogP contribution in [0.4, 0.5) is 0 Å². The van der Waals surface area contributed by atoms with Gasteiger partial charge in [0.25, 0.3) is 11.8 Å². The maximum Gasteiger partial charge on any atom is 0.259 e. The molecule has 156 valence electrons. The first kappa shape index (κ1) is 20.1. The number of aromatic nitrogens is 3. The van der Waals surface area contributed by atoms with Crippen molar-refractivity contribution in [3.05, 3.63) is 78.1 Å². The highest BCUT2D eigenvalue weighted by Crippen LogP contribution is 2.32. The van der Waals surface area contributed by atoms with Crippen molar-refractivity contribution in [3.8, 4) is 34.3 Å². The van der Waals surface area contributed by atoms with Crippen molar-refractivity contribution in [1.29, 1.82) is 0 Å². The maximum absolute atomic E-state index is 12.8. The van der Waals surface area contributed by atoms with Crippen molar-refractivity contribution in [3.63, 3.8) is 0 Å². The van der Waals surface area contributed by atoms with E-state index in [9.17, 15) is 4.79 Å². The fourth-order valence-corrected chi connectivity index (χ4v) is 3.07. The van der Waals surface area contributed by atoms with Crippen LogP contribution in [0.2, 0.25) is 0 Å². The number of benzene rings is 2. The second-order valence-electron chi connectivity index (χ2n) is 6.58. The maximum atomic E-state index is 12.8. The molecule has 0 atom stereocenters. The molecule has 2 aromatic carbocycles. The van der Waals surface area contributed by atoms with Gasteiger partial charge in [0, 0.05) is 24.5 Å². The zero-order valence-electron chi connectivity index (χ0n) is 17.0. The van der Waals surface area contributed by atoms with Gasteiger partial charge in [-0.2, -0.15) is 4.98 Å². The van der Waals surface area contributed by atoms with E-state index in [4.69, 9.17) is 14.0 Å². The van der Waals surface area contributed by atoms with Crippen LogP contribution in [0.15, 0.2) is 71.5 Å². The predicted molar refractivity (Wildman–Crippen MR) is 114 cm³/mol. The Hall–Kier alpha value is -4.20. The lowest BCUT2D eigenvalue weighted by Gasteiger charge is -2.08. The van der Waals surface area contributed by atoms with Gasteiger partial charge in [-0.1, -0.05) is 23.4 Å². The van der Waals surface area contributed by atoms with Crippen molar-refractivity contribution in [2.75, 3.05) is 14.2 Å². The van der Waals surface area contributed by atoms with Crippen LogP contribution in [0.1, 0.15) is 15.9 Å². The number of nitrogens with one attached hydrogen (secondary N) is 1. The summed E-state index contributed by atoms with van der Waals surface area (Å²) in [6.07, 6.45) is 3.39. The molecule has 0 fully saturated rings. The van der Waals surface area contributed by atoms with Gasteiger partial charge in [0.15, 0.2) is 11.5 Å². The van der Waals surface area contributed by atoms with Gasteiger partial charge in [-0.25, -0.2) is 0 Å². The summed E-state index contributed by atoms with van der Waals surface area (Å²) in [6.45, 7) is 0.363. The molecular formula is C23H20N4O4. The second-order valence-corrected chi connectivity index (χ2v) is 6.58. The van der Waals surface area contributed by atoms with Crippen molar-refractivity contribution in [1.82, 2.24) is 20.4 Å². The normalized spacial score (nSPS) is 10.5. The van der Waals surface area contributed by atoms with E-state index in [1.807, 2.05) is 24.3 Å². The molecule has 0 spiro atoms. The topological polar surface area (TPSA) is 99.4 Å². The molecule has 0 aliphatic carbocycles. The van der Waals surface area contributed by atoms with E-state index in [-0.39, 0.29) is 11.8 Å². The summed E-state index contributed by atoms with van der Waals surface area (Å²) in [5.41, 5.74) is 2.59. The summed E-state index contributed by atoms with van der Waals surface area (Å²) in [4.78, 5) is 21.3. The molecule has 1 amide bonds. The Kier molecular flexibility index (Phi) is 5.89. The van der Waals surface area contributed by atoms with Gasteiger partial charge in [-0.05, 0) is 42.0 Å². The number of carbonyl (C=O) groups excluding carboxylic acids is 1. The van der Waals surface area contributed by atoms with Gasteiger partial charge in [0.05, 0.1) is 25.3 Å². The number of hydrogen-bond acceptors (Lipinski definition) is 7. The fraction of sp³-hybridized carbons (Fsp3) is 0.130. The van der Waals surface area contributed by atoms with Crippen LogP contribution >= 0.6 is 0 Å². The average Bonchev–Trinajstić information content (AvgIpc) is 3.33. The Labute approximate surface area is 178 Å². The molecule has 0 aliphatic rings. The van der Waals surface area contributed by atoms with Gasteiger partial charge in [0.2, 0.25) is 5.82 Å². The number of methoxy groups -OCH3 is 2. The summed E-state index contributed by atoms with van der Waals surface area (Å²) in [5, 5.41) is 6.96. The number of nitrogens with zero attached hydrogens (tertiary/aromatic N) is 3. The van der Waals surface area contributed by atoms with Gasteiger partial charge >= 0.3 is 0 Å². The van der Waals surface area contributed by atoms with Crippen molar-refractivity contribution >= 4 is 5.91 Å².